The van der Waals surface area contributed by atoms with Crippen LogP contribution in [-0.2, 0) is 4.79 Å². The highest BCUT2D eigenvalue weighted by atomic mass is 16.2. The lowest BCUT2D eigenvalue weighted by molar-refractivity contribution is -0.889. The van der Waals surface area contributed by atoms with Crippen LogP contribution >= 0.6 is 0 Å². The van der Waals surface area contributed by atoms with E-state index in [0.717, 1.165) is 26.2 Å². The van der Waals surface area contributed by atoms with Crippen molar-refractivity contribution in [2.24, 2.45) is 0 Å². The first-order valence-electron chi connectivity index (χ1n) is 7.86. The molecule has 3 heteroatoms. The van der Waals surface area contributed by atoms with Gasteiger partial charge in [-0.3, -0.25) is 4.79 Å². The molecule has 0 saturated carbocycles. The molecule has 112 valence electrons. The van der Waals surface area contributed by atoms with Crippen molar-refractivity contribution in [2.45, 2.75) is 26.2 Å². The van der Waals surface area contributed by atoms with Gasteiger partial charge < -0.3 is 9.80 Å². The molecule has 1 saturated heterocycles. The SMILES string of the molecule is CC[NH+](CC)CC#CCN1C[C@H](c2ccccc2)CC1=O. The third-order valence-corrected chi connectivity index (χ3v) is 4.22. The molecule has 0 bridgehead atoms. The Balaban J connectivity index is 1.85. The molecule has 21 heavy (non-hydrogen) atoms. The minimum absolute atomic E-state index is 0.230. The number of hydrogen-bond donors (Lipinski definition) is 1. The molecule has 1 aliphatic rings. The zero-order chi connectivity index (χ0) is 15.1. The van der Waals surface area contributed by atoms with E-state index in [-0.39, 0.29) is 5.91 Å². The normalized spacial score (nSPS) is 18.0. The molecule has 1 aliphatic heterocycles. The van der Waals surface area contributed by atoms with E-state index >= 15 is 0 Å². The lowest BCUT2D eigenvalue weighted by Crippen LogP contribution is -3.11. The maximum absolute atomic E-state index is 12.1. The van der Waals surface area contributed by atoms with Gasteiger partial charge in [-0.05, 0) is 25.3 Å². The summed E-state index contributed by atoms with van der Waals surface area (Å²) in [6.45, 7) is 8.80. The number of carbonyl (C=O) groups is 1. The topological polar surface area (TPSA) is 24.8 Å². The Kier molecular flexibility index (Phi) is 5.83. The van der Waals surface area contributed by atoms with Crippen molar-refractivity contribution in [1.82, 2.24) is 4.90 Å². The fourth-order valence-electron chi connectivity index (χ4n) is 2.71. The van der Waals surface area contributed by atoms with Crippen LogP contribution in [0, 0.1) is 11.8 Å². The maximum Gasteiger partial charge on any atom is 0.224 e. The molecule has 1 amide bonds. The predicted octanol–water partition coefficient (Wildman–Crippen LogP) is 0.931. The summed E-state index contributed by atoms with van der Waals surface area (Å²) in [5, 5.41) is 0. The minimum atomic E-state index is 0.230. The molecule has 1 atom stereocenters. The highest BCUT2D eigenvalue weighted by molar-refractivity contribution is 5.80. The van der Waals surface area contributed by atoms with Gasteiger partial charge in [0.2, 0.25) is 5.91 Å². The lowest BCUT2D eigenvalue weighted by Gasteiger charge is -2.13. The summed E-state index contributed by atoms with van der Waals surface area (Å²) < 4.78 is 0. The summed E-state index contributed by atoms with van der Waals surface area (Å²) >= 11 is 0. The number of hydrogen-bond acceptors (Lipinski definition) is 1. The molecule has 1 aromatic carbocycles. The third-order valence-electron chi connectivity index (χ3n) is 4.22. The van der Waals surface area contributed by atoms with Gasteiger partial charge in [-0.1, -0.05) is 36.3 Å². The molecule has 1 N–H and O–H groups in total. The Morgan fingerprint density at radius 1 is 1.19 bits per heavy atom. The van der Waals surface area contributed by atoms with Crippen LogP contribution in [0.2, 0.25) is 0 Å². The Hall–Kier alpha value is -1.79. The van der Waals surface area contributed by atoms with Gasteiger partial charge in [0.05, 0.1) is 19.6 Å². The molecular weight excluding hydrogens is 260 g/mol. The summed E-state index contributed by atoms with van der Waals surface area (Å²) in [5.74, 6) is 6.93. The fraction of sp³-hybridized carbons (Fsp3) is 0.500. The van der Waals surface area contributed by atoms with E-state index in [2.05, 4.69) is 37.8 Å². The highest BCUT2D eigenvalue weighted by Gasteiger charge is 2.29. The van der Waals surface area contributed by atoms with E-state index < -0.39 is 0 Å². The van der Waals surface area contributed by atoms with Gasteiger partial charge in [-0.15, -0.1) is 0 Å². The van der Waals surface area contributed by atoms with Crippen LogP contribution in [0.25, 0.3) is 0 Å². The largest absolute Gasteiger partial charge is 0.331 e. The quantitative estimate of drug-likeness (QED) is 0.800. The van der Waals surface area contributed by atoms with Gasteiger partial charge in [0, 0.05) is 18.9 Å². The van der Waals surface area contributed by atoms with Crippen LogP contribution in [-0.4, -0.2) is 43.5 Å². The lowest BCUT2D eigenvalue weighted by atomic mass is 9.99. The van der Waals surface area contributed by atoms with Gasteiger partial charge in [-0.25, -0.2) is 0 Å². The molecule has 1 fully saturated rings. The third kappa shape index (κ3) is 4.34. The minimum Gasteiger partial charge on any atom is -0.331 e. The average Bonchev–Trinajstić information content (AvgIpc) is 2.89. The molecule has 0 unspecified atom stereocenters. The molecule has 0 aliphatic carbocycles. The monoisotopic (exact) mass is 285 g/mol. The number of rotatable bonds is 5. The molecule has 0 spiro atoms. The first-order chi connectivity index (χ1) is 10.2. The first-order valence-corrected chi connectivity index (χ1v) is 7.86. The van der Waals surface area contributed by atoms with Crippen molar-refractivity contribution in [2.75, 3.05) is 32.7 Å². The zero-order valence-corrected chi connectivity index (χ0v) is 13.1. The van der Waals surface area contributed by atoms with E-state index in [1.807, 2.05) is 23.1 Å². The summed E-state index contributed by atoms with van der Waals surface area (Å²) in [6.07, 6.45) is 0.618. The van der Waals surface area contributed by atoms with Crippen LogP contribution in [0.1, 0.15) is 31.7 Å². The van der Waals surface area contributed by atoms with E-state index in [1.54, 1.807) is 0 Å². The number of nitrogens with one attached hydrogen (secondary N) is 1. The summed E-state index contributed by atoms with van der Waals surface area (Å²) in [4.78, 5) is 15.4. The maximum atomic E-state index is 12.1. The fourth-order valence-corrected chi connectivity index (χ4v) is 2.71. The van der Waals surface area contributed by atoms with Gasteiger partial charge in [0.15, 0.2) is 0 Å². The van der Waals surface area contributed by atoms with Gasteiger partial charge >= 0.3 is 0 Å². The zero-order valence-electron chi connectivity index (χ0n) is 13.1. The number of benzene rings is 1. The van der Waals surface area contributed by atoms with Crippen molar-refractivity contribution < 1.29 is 9.69 Å². The standard InChI is InChI=1S/C18H24N2O/c1-3-19(4-2)12-8-9-13-20-15-17(14-18(20)21)16-10-6-5-7-11-16/h5-7,10-11,17H,3-4,12-15H2,1-2H3/p+1/t17-/m1/s1. The summed E-state index contributed by atoms with van der Waals surface area (Å²) in [7, 11) is 0. The van der Waals surface area contributed by atoms with Crippen LogP contribution in [0.4, 0.5) is 0 Å². The Morgan fingerprint density at radius 3 is 2.57 bits per heavy atom. The molecule has 1 heterocycles. The summed E-state index contributed by atoms with van der Waals surface area (Å²) in [6, 6.07) is 10.3. The summed E-state index contributed by atoms with van der Waals surface area (Å²) in [5.41, 5.74) is 1.26. The second-order valence-electron chi connectivity index (χ2n) is 5.57. The predicted molar refractivity (Wildman–Crippen MR) is 85.1 cm³/mol. The van der Waals surface area contributed by atoms with Crippen molar-refractivity contribution in [1.29, 1.82) is 0 Å². The smallest absolute Gasteiger partial charge is 0.224 e. The van der Waals surface area contributed by atoms with E-state index in [4.69, 9.17) is 0 Å². The number of quaternary nitrogens is 1. The van der Waals surface area contributed by atoms with Crippen molar-refractivity contribution in [3.8, 4) is 11.8 Å². The van der Waals surface area contributed by atoms with Crippen molar-refractivity contribution in [3.05, 3.63) is 35.9 Å². The molecule has 3 nitrogen and oxygen atoms in total. The van der Waals surface area contributed by atoms with Crippen LogP contribution < -0.4 is 4.90 Å². The second-order valence-corrected chi connectivity index (χ2v) is 5.57. The van der Waals surface area contributed by atoms with E-state index in [0.29, 0.717) is 18.9 Å². The molecule has 1 aromatic rings. The Labute approximate surface area is 127 Å². The number of amides is 1. The van der Waals surface area contributed by atoms with Crippen LogP contribution in [0.3, 0.4) is 0 Å². The number of likely N-dealkylation sites (tertiary alicyclic amines) is 1. The van der Waals surface area contributed by atoms with Gasteiger partial charge in [0.25, 0.3) is 0 Å². The Bertz CT molecular complexity index is 511. The number of nitrogens with zero attached hydrogens (tertiary/aromatic N) is 1. The molecule has 0 radical (unpaired) electrons. The highest BCUT2D eigenvalue weighted by Crippen LogP contribution is 2.27. The molecule has 2 rings (SSSR count). The van der Waals surface area contributed by atoms with Gasteiger partial charge in [-0.2, -0.15) is 0 Å². The average molecular weight is 285 g/mol. The molecular formula is C18H25N2O+. The van der Waals surface area contributed by atoms with E-state index in [9.17, 15) is 4.79 Å². The van der Waals surface area contributed by atoms with Crippen molar-refractivity contribution in [3.63, 3.8) is 0 Å². The van der Waals surface area contributed by atoms with Gasteiger partial charge in [0.1, 0.15) is 6.54 Å². The second kappa shape index (κ2) is 7.85. The van der Waals surface area contributed by atoms with Crippen LogP contribution in [0.5, 0.6) is 0 Å². The Morgan fingerprint density at radius 2 is 1.90 bits per heavy atom. The van der Waals surface area contributed by atoms with Crippen LogP contribution in [0.15, 0.2) is 30.3 Å². The van der Waals surface area contributed by atoms with Crippen molar-refractivity contribution >= 4 is 5.91 Å². The van der Waals surface area contributed by atoms with E-state index in [1.165, 1.54) is 10.5 Å². The molecule has 0 aromatic heterocycles. The number of carbonyl (C=O) groups excluding carboxylic acids is 1. The first kappa shape index (κ1) is 15.6.